The molecule has 1 aromatic rings. The average molecular weight is 410 g/mol. The van der Waals surface area contributed by atoms with Gasteiger partial charge in [0.25, 0.3) is 5.91 Å². The lowest BCUT2D eigenvalue weighted by Gasteiger charge is -2.32. The quantitative estimate of drug-likeness (QED) is 0.816. The maximum absolute atomic E-state index is 12.4. The Kier molecular flexibility index (Phi) is 5.03. The number of carbonyl (C=O) groups is 2. The SMILES string of the molecule is CC(=O)NC1CCN(C(=O)c2cc(Br)sc2Br)CC1. The summed E-state index contributed by atoms with van der Waals surface area (Å²) in [5.41, 5.74) is 0.704. The zero-order valence-corrected chi connectivity index (χ0v) is 14.4. The van der Waals surface area contributed by atoms with Crippen LogP contribution in [-0.4, -0.2) is 35.8 Å². The number of carbonyl (C=O) groups excluding carboxylic acids is 2. The molecule has 1 aliphatic heterocycles. The fourth-order valence-corrected chi connectivity index (χ4v) is 4.95. The predicted octanol–water partition coefficient (Wildman–Crippen LogP) is 3.01. The molecule has 2 rings (SSSR count). The maximum Gasteiger partial charge on any atom is 0.255 e. The van der Waals surface area contributed by atoms with Gasteiger partial charge in [-0.05, 0) is 50.8 Å². The van der Waals surface area contributed by atoms with E-state index in [-0.39, 0.29) is 17.9 Å². The number of hydrogen-bond donors (Lipinski definition) is 1. The minimum absolute atomic E-state index is 0.00529. The van der Waals surface area contributed by atoms with Gasteiger partial charge in [-0.25, -0.2) is 0 Å². The molecule has 0 bridgehead atoms. The summed E-state index contributed by atoms with van der Waals surface area (Å²) < 4.78 is 1.80. The van der Waals surface area contributed by atoms with Crippen molar-refractivity contribution in [2.24, 2.45) is 0 Å². The fourth-order valence-electron chi connectivity index (χ4n) is 2.17. The lowest BCUT2D eigenvalue weighted by Crippen LogP contribution is -2.46. The van der Waals surface area contributed by atoms with Gasteiger partial charge < -0.3 is 10.2 Å². The Morgan fingerprint density at radius 2 is 2.00 bits per heavy atom. The number of rotatable bonds is 2. The Morgan fingerprint density at radius 3 is 2.47 bits per heavy atom. The molecular formula is C12H14Br2N2O2S. The second-order valence-corrected chi connectivity index (χ2v) is 8.25. The van der Waals surface area contributed by atoms with Crippen molar-refractivity contribution in [1.82, 2.24) is 10.2 Å². The van der Waals surface area contributed by atoms with Gasteiger partial charge in [-0.2, -0.15) is 0 Å². The molecule has 0 unspecified atom stereocenters. The summed E-state index contributed by atoms with van der Waals surface area (Å²) in [6, 6.07) is 2.04. The number of thiophene rings is 1. The third-order valence-corrected chi connectivity index (χ3v) is 5.42. The van der Waals surface area contributed by atoms with Gasteiger partial charge >= 0.3 is 0 Å². The molecule has 0 aromatic carbocycles. The molecule has 2 heterocycles. The molecular weight excluding hydrogens is 396 g/mol. The third-order valence-electron chi connectivity index (χ3n) is 3.08. The van der Waals surface area contributed by atoms with Crippen LogP contribution in [0.2, 0.25) is 0 Å². The highest BCUT2D eigenvalue weighted by Crippen LogP contribution is 2.33. The second-order valence-electron chi connectivity index (χ2n) is 4.50. The second kappa shape index (κ2) is 6.37. The number of halogens is 2. The van der Waals surface area contributed by atoms with Crippen LogP contribution in [0.3, 0.4) is 0 Å². The summed E-state index contributed by atoms with van der Waals surface area (Å²) in [4.78, 5) is 25.2. The van der Waals surface area contributed by atoms with E-state index in [0.717, 1.165) is 20.4 Å². The molecule has 0 atom stereocenters. The molecule has 1 aliphatic rings. The maximum atomic E-state index is 12.4. The average Bonchev–Trinajstić information content (AvgIpc) is 2.68. The van der Waals surface area contributed by atoms with Crippen molar-refractivity contribution in [3.05, 3.63) is 19.2 Å². The Morgan fingerprint density at radius 1 is 1.37 bits per heavy atom. The first kappa shape index (κ1) is 15.0. The Labute approximate surface area is 132 Å². The van der Waals surface area contributed by atoms with Gasteiger partial charge in [0, 0.05) is 26.1 Å². The molecule has 2 amide bonds. The summed E-state index contributed by atoms with van der Waals surface area (Å²) >= 11 is 8.29. The van der Waals surface area contributed by atoms with Gasteiger partial charge in [-0.3, -0.25) is 9.59 Å². The highest BCUT2D eigenvalue weighted by atomic mass is 79.9. The van der Waals surface area contributed by atoms with Crippen molar-refractivity contribution >= 4 is 55.0 Å². The van der Waals surface area contributed by atoms with E-state index in [1.807, 2.05) is 11.0 Å². The molecule has 4 nitrogen and oxygen atoms in total. The first-order valence-electron chi connectivity index (χ1n) is 5.98. The first-order valence-corrected chi connectivity index (χ1v) is 8.39. The Bertz CT molecular complexity index is 496. The molecule has 19 heavy (non-hydrogen) atoms. The van der Waals surface area contributed by atoms with E-state index >= 15 is 0 Å². The van der Waals surface area contributed by atoms with E-state index < -0.39 is 0 Å². The van der Waals surface area contributed by atoms with Crippen LogP contribution in [0.5, 0.6) is 0 Å². The molecule has 0 aliphatic carbocycles. The summed E-state index contributed by atoms with van der Waals surface area (Å²) in [5, 5.41) is 2.90. The van der Waals surface area contributed by atoms with Crippen LogP contribution in [-0.2, 0) is 4.79 Å². The molecule has 1 saturated heterocycles. The molecule has 7 heteroatoms. The number of amides is 2. The van der Waals surface area contributed by atoms with E-state index in [1.54, 1.807) is 0 Å². The number of nitrogens with zero attached hydrogens (tertiary/aromatic N) is 1. The summed E-state index contributed by atoms with van der Waals surface area (Å²) in [6.07, 6.45) is 1.63. The summed E-state index contributed by atoms with van der Waals surface area (Å²) in [6.45, 7) is 2.89. The van der Waals surface area contributed by atoms with E-state index in [2.05, 4.69) is 37.2 Å². The van der Waals surface area contributed by atoms with Crippen LogP contribution in [0.1, 0.15) is 30.1 Å². The van der Waals surface area contributed by atoms with Gasteiger partial charge in [-0.15, -0.1) is 11.3 Å². The standard InChI is InChI=1S/C12H14Br2N2O2S/c1-7(17)15-8-2-4-16(5-3-8)12(18)9-6-10(13)19-11(9)14/h6,8H,2-5H2,1H3,(H,15,17). The Balaban J connectivity index is 1.96. The van der Waals surface area contributed by atoms with Crippen LogP contribution in [0.15, 0.2) is 13.6 Å². The lowest BCUT2D eigenvalue weighted by molar-refractivity contribution is -0.119. The van der Waals surface area contributed by atoms with Crippen molar-refractivity contribution < 1.29 is 9.59 Å². The summed E-state index contributed by atoms with van der Waals surface area (Å²) in [7, 11) is 0. The van der Waals surface area contributed by atoms with Gasteiger partial charge in [0.1, 0.15) is 0 Å². The van der Waals surface area contributed by atoms with E-state index in [1.165, 1.54) is 18.3 Å². The minimum atomic E-state index is -0.00529. The van der Waals surface area contributed by atoms with Crippen LogP contribution in [0.25, 0.3) is 0 Å². The van der Waals surface area contributed by atoms with Gasteiger partial charge in [0.05, 0.1) is 13.1 Å². The molecule has 0 spiro atoms. The zero-order valence-electron chi connectivity index (χ0n) is 10.4. The largest absolute Gasteiger partial charge is 0.353 e. The van der Waals surface area contributed by atoms with Crippen molar-refractivity contribution in [2.75, 3.05) is 13.1 Å². The van der Waals surface area contributed by atoms with Gasteiger partial charge in [0.15, 0.2) is 0 Å². The monoisotopic (exact) mass is 408 g/mol. The van der Waals surface area contributed by atoms with Crippen LogP contribution in [0.4, 0.5) is 0 Å². The highest BCUT2D eigenvalue weighted by molar-refractivity contribution is 9.12. The van der Waals surface area contributed by atoms with E-state index in [9.17, 15) is 9.59 Å². The van der Waals surface area contributed by atoms with Crippen LogP contribution < -0.4 is 5.32 Å². The van der Waals surface area contributed by atoms with E-state index in [0.29, 0.717) is 18.7 Å². The zero-order chi connectivity index (χ0) is 14.0. The van der Waals surface area contributed by atoms with Gasteiger partial charge in [0.2, 0.25) is 5.91 Å². The normalized spacial score (nSPS) is 16.5. The smallest absolute Gasteiger partial charge is 0.255 e. The van der Waals surface area contributed by atoms with E-state index in [4.69, 9.17) is 0 Å². The molecule has 0 saturated carbocycles. The third kappa shape index (κ3) is 3.79. The van der Waals surface area contributed by atoms with Crippen molar-refractivity contribution in [1.29, 1.82) is 0 Å². The summed E-state index contributed by atoms with van der Waals surface area (Å²) in [5.74, 6) is 0.0457. The van der Waals surface area contributed by atoms with Crippen molar-refractivity contribution in [3.8, 4) is 0 Å². The number of likely N-dealkylation sites (tertiary alicyclic amines) is 1. The van der Waals surface area contributed by atoms with Crippen molar-refractivity contribution in [3.63, 3.8) is 0 Å². The van der Waals surface area contributed by atoms with Crippen LogP contribution >= 0.6 is 43.2 Å². The highest BCUT2D eigenvalue weighted by Gasteiger charge is 2.25. The van der Waals surface area contributed by atoms with Crippen LogP contribution in [0, 0.1) is 0 Å². The topological polar surface area (TPSA) is 49.4 Å². The number of piperidine rings is 1. The fraction of sp³-hybridized carbons (Fsp3) is 0.500. The molecule has 1 aromatic heterocycles. The van der Waals surface area contributed by atoms with Crippen molar-refractivity contribution in [2.45, 2.75) is 25.8 Å². The molecule has 1 N–H and O–H groups in total. The molecule has 1 fully saturated rings. The number of nitrogens with one attached hydrogen (secondary N) is 1. The minimum Gasteiger partial charge on any atom is -0.353 e. The first-order chi connectivity index (χ1) is 8.97. The molecule has 104 valence electrons. The van der Waals surface area contributed by atoms with Gasteiger partial charge in [-0.1, -0.05) is 0 Å². The lowest BCUT2D eigenvalue weighted by atomic mass is 10.0. The predicted molar refractivity (Wildman–Crippen MR) is 82.5 cm³/mol. The Hall–Kier alpha value is -0.400. The number of hydrogen-bond acceptors (Lipinski definition) is 3. The molecule has 0 radical (unpaired) electrons.